The summed E-state index contributed by atoms with van der Waals surface area (Å²) in [4.78, 5) is 27.1. The molecule has 166 valence electrons. The molecular weight excluding hydrogens is 399 g/mol. The van der Waals surface area contributed by atoms with Crippen LogP contribution in [0.15, 0.2) is 18.2 Å². The van der Waals surface area contributed by atoms with Gasteiger partial charge in [-0.1, -0.05) is 25.7 Å². The van der Waals surface area contributed by atoms with Gasteiger partial charge in [0.15, 0.2) is 0 Å². The van der Waals surface area contributed by atoms with Gasteiger partial charge in [0.05, 0.1) is 10.5 Å². The average Bonchev–Trinajstić information content (AvgIpc) is 3.01. The van der Waals surface area contributed by atoms with Crippen molar-refractivity contribution in [3.8, 4) is 0 Å². The van der Waals surface area contributed by atoms with Crippen LogP contribution in [0.4, 0.5) is 24.5 Å². The summed E-state index contributed by atoms with van der Waals surface area (Å²) in [6, 6.07) is 2.90. The lowest BCUT2D eigenvalue weighted by molar-refractivity contribution is -0.384. The predicted molar refractivity (Wildman–Crippen MR) is 107 cm³/mol. The highest BCUT2D eigenvalue weighted by molar-refractivity contribution is 5.79. The first-order chi connectivity index (χ1) is 14.2. The van der Waals surface area contributed by atoms with Gasteiger partial charge in [-0.05, 0) is 37.8 Å². The van der Waals surface area contributed by atoms with Gasteiger partial charge in [-0.2, -0.15) is 13.2 Å². The minimum absolute atomic E-state index is 0.114. The Hall–Kier alpha value is -2.32. The maximum atomic E-state index is 13.0. The lowest BCUT2D eigenvalue weighted by Gasteiger charge is -2.36. The summed E-state index contributed by atoms with van der Waals surface area (Å²) < 4.78 is 38.8. The van der Waals surface area contributed by atoms with Crippen molar-refractivity contribution in [2.24, 2.45) is 5.92 Å². The van der Waals surface area contributed by atoms with E-state index < -0.39 is 22.4 Å². The van der Waals surface area contributed by atoms with Gasteiger partial charge in [0.25, 0.3) is 5.69 Å². The Morgan fingerprint density at radius 3 is 2.23 bits per heavy atom. The second-order valence-corrected chi connectivity index (χ2v) is 8.31. The summed E-state index contributed by atoms with van der Waals surface area (Å²) in [5.74, 6) is -0.0357. The highest BCUT2D eigenvalue weighted by Crippen LogP contribution is 2.38. The lowest BCUT2D eigenvalue weighted by atomic mass is 9.93. The molecule has 0 N–H and O–H groups in total. The van der Waals surface area contributed by atoms with Crippen LogP contribution in [0, 0.1) is 16.0 Å². The van der Waals surface area contributed by atoms with Crippen molar-refractivity contribution in [1.82, 2.24) is 4.90 Å². The molecule has 1 aromatic rings. The van der Waals surface area contributed by atoms with Crippen molar-refractivity contribution in [1.29, 1.82) is 0 Å². The van der Waals surface area contributed by atoms with Gasteiger partial charge in [-0.25, -0.2) is 0 Å². The minimum Gasteiger partial charge on any atom is -0.366 e. The fourth-order valence-corrected chi connectivity index (χ4v) is 4.59. The number of carbonyl (C=O) groups excluding carboxylic acids is 1. The number of rotatable bonds is 4. The number of nitro benzene ring substituents is 1. The van der Waals surface area contributed by atoms with Crippen LogP contribution in [0.2, 0.25) is 0 Å². The van der Waals surface area contributed by atoms with E-state index in [1.807, 2.05) is 11.9 Å². The van der Waals surface area contributed by atoms with Crippen molar-refractivity contribution in [3.05, 3.63) is 33.9 Å². The van der Waals surface area contributed by atoms with Gasteiger partial charge >= 0.3 is 6.18 Å². The number of halogens is 3. The Bertz CT molecular complexity index is 768. The van der Waals surface area contributed by atoms with Crippen LogP contribution < -0.4 is 4.90 Å². The van der Waals surface area contributed by atoms with E-state index in [1.165, 1.54) is 18.9 Å². The van der Waals surface area contributed by atoms with E-state index in [4.69, 9.17) is 0 Å². The molecule has 1 aromatic carbocycles. The van der Waals surface area contributed by atoms with Crippen LogP contribution in [-0.2, 0) is 11.0 Å². The zero-order chi connectivity index (χ0) is 21.9. The number of alkyl halides is 3. The molecule has 3 rings (SSSR count). The molecule has 0 unspecified atom stereocenters. The number of piperidine rings is 1. The van der Waals surface area contributed by atoms with Crippen LogP contribution >= 0.6 is 0 Å². The second kappa shape index (κ2) is 9.22. The summed E-state index contributed by atoms with van der Waals surface area (Å²) in [5, 5.41) is 11.4. The number of hydrogen-bond donors (Lipinski definition) is 0. The average molecular weight is 427 g/mol. The first kappa shape index (κ1) is 22.4. The molecule has 2 fully saturated rings. The number of hydrogen-bond acceptors (Lipinski definition) is 4. The molecular formula is C21H28F3N3O3. The molecule has 9 heteroatoms. The van der Waals surface area contributed by atoms with Gasteiger partial charge in [0, 0.05) is 38.2 Å². The van der Waals surface area contributed by atoms with Gasteiger partial charge in [-0.15, -0.1) is 0 Å². The van der Waals surface area contributed by atoms with Crippen molar-refractivity contribution >= 4 is 17.3 Å². The molecule has 6 nitrogen and oxygen atoms in total. The van der Waals surface area contributed by atoms with Crippen LogP contribution in [0.5, 0.6) is 0 Å². The Labute approximate surface area is 174 Å². The SMILES string of the molecule is CN(C(=O)C1CCN(c2ccc(C(F)(F)F)cc2[N+](=O)[O-])CC1)C1CCCCCC1. The molecule has 0 aromatic heterocycles. The zero-order valence-electron chi connectivity index (χ0n) is 17.2. The van der Waals surface area contributed by atoms with E-state index in [0.29, 0.717) is 32.0 Å². The standard InChI is InChI=1S/C21H28F3N3O3/c1-25(17-6-4-2-3-5-7-17)20(28)15-10-12-26(13-11-15)18-9-8-16(21(22,23)24)14-19(18)27(29)30/h8-9,14-15,17H,2-7,10-13H2,1H3. The first-order valence-corrected chi connectivity index (χ1v) is 10.6. The van der Waals surface area contributed by atoms with Crippen LogP contribution in [-0.4, -0.2) is 41.9 Å². The number of nitrogens with zero attached hydrogens (tertiary/aromatic N) is 3. The summed E-state index contributed by atoms with van der Waals surface area (Å²) >= 11 is 0. The third kappa shape index (κ3) is 5.05. The predicted octanol–water partition coefficient (Wildman–Crippen LogP) is 5.01. The normalized spacial score (nSPS) is 19.4. The maximum absolute atomic E-state index is 13.0. The second-order valence-electron chi connectivity index (χ2n) is 8.31. The van der Waals surface area contributed by atoms with Gasteiger partial charge in [0.1, 0.15) is 5.69 Å². The molecule has 1 saturated carbocycles. The highest BCUT2D eigenvalue weighted by atomic mass is 19.4. The minimum atomic E-state index is -4.63. The highest BCUT2D eigenvalue weighted by Gasteiger charge is 2.35. The molecule has 0 atom stereocenters. The maximum Gasteiger partial charge on any atom is 0.416 e. The van der Waals surface area contributed by atoms with Crippen molar-refractivity contribution in [2.75, 3.05) is 25.0 Å². The fourth-order valence-electron chi connectivity index (χ4n) is 4.59. The number of carbonyl (C=O) groups is 1. The summed E-state index contributed by atoms with van der Waals surface area (Å²) in [5.41, 5.74) is -1.41. The van der Waals surface area contributed by atoms with E-state index in [9.17, 15) is 28.1 Å². The zero-order valence-corrected chi connectivity index (χ0v) is 17.2. The number of benzene rings is 1. The Kier molecular flexibility index (Phi) is 6.88. The molecule has 1 saturated heterocycles. The topological polar surface area (TPSA) is 66.7 Å². The van der Waals surface area contributed by atoms with Crippen LogP contribution in [0.1, 0.15) is 56.9 Å². The molecule has 0 spiro atoms. The molecule has 1 amide bonds. The van der Waals surface area contributed by atoms with E-state index in [0.717, 1.165) is 31.7 Å². The molecule has 0 radical (unpaired) electrons. The van der Waals surface area contributed by atoms with Gasteiger partial charge in [0.2, 0.25) is 5.91 Å². The van der Waals surface area contributed by atoms with E-state index in [-0.39, 0.29) is 23.6 Å². The van der Waals surface area contributed by atoms with Gasteiger partial charge in [-0.3, -0.25) is 14.9 Å². The van der Waals surface area contributed by atoms with E-state index in [1.54, 1.807) is 4.90 Å². The first-order valence-electron chi connectivity index (χ1n) is 10.6. The van der Waals surface area contributed by atoms with E-state index >= 15 is 0 Å². The third-order valence-corrected chi connectivity index (χ3v) is 6.40. The Morgan fingerprint density at radius 2 is 1.70 bits per heavy atom. The molecule has 1 heterocycles. The summed E-state index contributed by atoms with van der Waals surface area (Å²) in [6.45, 7) is 0.808. The smallest absolute Gasteiger partial charge is 0.366 e. The summed E-state index contributed by atoms with van der Waals surface area (Å²) in [7, 11) is 1.87. The van der Waals surface area contributed by atoms with Crippen LogP contribution in [0.3, 0.4) is 0 Å². The number of nitro groups is 1. The molecule has 0 bridgehead atoms. The van der Waals surface area contributed by atoms with Crippen molar-refractivity contribution in [3.63, 3.8) is 0 Å². The monoisotopic (exact) mass is 427 g/mol. The third-order valence-electron chi connectivity index (χ3n) is 6.40. The molecule has 2 aliphatic rings. The van der Waals surface area contributed by atoms with Crippen LogP contribution in [0.25, 0.3) is 0 Å². The quantitative estimate of drug-likeness (QED) is 0.385. The Balaban J connectivity index is 1.66. The molecule has 1 aliphatic heterocycles. The number of anilines is 1. The van der Waals surface area contributed by atoms with Crippen molar-refractivity contribution in [2.45, 2.75) is 63.6 Å². The van der Waals surface area contributed by atoms with Crippen molar-refractivity contribution < 1.29 is 22.9 Å². The molecule has 1 aliphatic carbocycles. The fraction of sp³-hybridized carbons (Fsp3) is 0.667. The summed E-state index contributed by atoms with van der Waals surface area (Å²) in [6.07, 6.45) is 3.19. The lowest BCUT2D eigenvalue weighted by Crippen LogP contribution is -2.45. The van der Waals surface area contributed by atoms with Gasteiger partial charge < -0.3 is 9.80 Å². The largest absolute Gasteiger partial charge is 0.416 e. The molecule has 30 heavy (non-hydrogen) atoms. The number of amides is 1. The van der Waals surface area contributed by atoms with E-state index in [2.05, 4.69) is 0 Å². The Morgan fingerprint density at radius 1 is 1.10 bits per heavy atom.